The van der Waals surface area contributed by atoms with Gasteiger partial charge < -0.3 is 9.32 Å². The van der Waals surface area contributed by atoms with E-state index in [4.69, 9.17) is 4.42 Å². The first-order chi connectivity index (χ1) is 15.5. The molecule has 1 aliphatic heterocycles. The van der Waals surface area contributed by atoms with Gasteiger partial charge in [0.05, 0.1) is 6.42 Å². The predicted octanol–water partition coefficient (Wildman–Crippen LogP) is 3.54. The van der Waals surface area contributed by atoms with Crippen molar-refractivity contribution < 1.29 is 18.0 Å². The van der Waals surface area contributed by atoms with E-state index in [1.807, 2.05) is 7.05 Å². The lowest BCUT2D eigenvalue weighted by Crippen LogP contribution is -2.37. The summed E-state index contributed by atoms with van der Waals surface area (Å²) in [5.74, 6) is -0.218. The molecule has 5 rings (SSSR count). The molecule has 0 bridgehead atoms. The van der Waals surface area contributed by atoms with Crippen LogP contribution in [0.5, 0.6) is 0 Å². The van der Waals surface area contributed by atoms with Crippen molar-refractivity contribution in [2.24, 2.45) is 7.05 Å². The first-order valence-electron chi connectivity index (χ1n) is 10.1. The summed E-state index contributed by atoms with van der Waals surface area (Å²) in [6.07, 6.45) is 0.841. The van der Waals surface area contributed by atoms with Crippen molar-refractivity contribution in [2.45, 2.75) is 19.4 Å². The second-order valence-corrected chi connectivity index (χ2v) is 7.69. The van der Waals surface area contributed by atoms with Gasteiger partial charge in [0.1, 0.15) is 11.6 Å². The van der Waals surface area contributed by atoms with Crippen LogP contribution in [-0.4, -0.2) is 37.3 Å². The van der Waals surface area contributed by atoms with Gasteiger partial charge in [-0.25, -0.2) is 8.78 Å². The lowest BCUT2D eigenvalue weighted by Gasteiger charge is -2.27. The molecule has 0 N–H and O–H groups in total. The maximum atomic E-state index is 13.2. The third-order valence-corrected chi connectivity index (χ3v) is 5.58. The second kappa shape index (κ2) is 7.99. The van der Waals surface area contributed by atoms with Crippen LogP contribution in [-0.2, 0) is 31.2 Å². The third-order valence-electron chi connectivity index (χ3n) is 5.58. The zero-order valence-electron chi connectivity index (χ0n) is 17.3. The molecule has 32 heavy (non-hydrogen) atoms. The summed E-state index contributed by atoms with van der Waals surface area (Å²) in [5.41, 5.74) is 3.76. The van der Waals surface area contributed by atoms with Crippen molar-refractivity contribution in [3.05, 3.63) is 77.0 Å². The Kier molecular flexibility index (Phi) is 5.01. The molecule has 162 valence electrons. The summed E-state index contributed by atoms with van der Waals surface area (Å²) in [7, 11) is 1.84. The number of amides is 1. The number of benzene rings is 2. The van der Waals surface area contributed by atoms with E-state index in [1.165, 1.54) is 24.3 Å². The van der Waals surface area contributed by atoms with E-state index in [1.54, 1.807) is 33.8 Å². The van der Waals surface area contributed by atoms with Crippen LogP contribution in [0.1, 0.15) is 16.8 Å². The maximum absolute atomic E-state index is 13.2. The molecular formula is C23H19F2N5O2. The number of rotatable bonds is 4. The number of halogens is 2. The van der Waals surface area contributed by atoms with Crippen molar-refractivity contribution in [3.63, 3.8) is 0 Å². The monoisotopic (exact) mass is 435 g/mol. The molecule has 2 aromatic carbocycles. The lowest BCUT2D eigenvalue weighted by molar-refractivity contribution is -0.131. The van der Waals surface area contributed by atoms with Gasteiger partial charge in [-0.05, 0) is 42.0 Å². The zero-order valence-corrected chi connectivity index (χ0v) is 17.3. The molecule has 0 aliphatic carbocycles. The standard InChI is InChI=1S/C23H19F2N5O2/c1-29-19-10-11-30(20(31)12-14-2-6-16(24)7-3-14)13-18(19)21(28-29)23-27-26-22(32-23)15-4-8-17(25)9-5-15/h2-9H,10-13H2,1H3. The molecule has 0 fully saturated rings. The lowest BCUT2D eigenvalue weighted by atomic mass is 10.0. The SMILES string of the molecule is Cn1nc(-c2nnc(-c3ccc(F)cc3)o2)c2c1CCN(C(=O)Cc1ccc(F)cc1)C2. The molecule has 0 unspecified atom stereocenters. The summed E-state index contributed by atoms with van der Waals surface area (Å²) in [6.45, 7) is 0.934. The minimum Gasteiger partial charge on any atom is -0.415 e. The smallest absolute Gasteiger partial charge is 0.268 e. The summed E-state index contributed by atoms with van der Waals surface area (Å²) in [4.78, 5) is 14.6. The molecule has 7 nitrogen and oxygen atoms in total. The molecule has 3 heterocycles. The van der Waals surface area contributed by atoms with E-state index in [0.29, 0.717) is 30.8 Å². The molecule has 0 radical (unpaired) electrons. The van der Waals surface area contributed by atoms with Gasteiger partial charge in [-0.3, -0.25) is 9.48 Å². The Morgan fingerprint density at radius 2 is 1.66 bits per heavy atom. The van der Waals surface area contributed by atoms with Gasteiger partial charge >= 0.3 is 0 Å². The highest BCUT2D eigenvalue weighted by Gasteiger charge is 2.29. The van der Waals surface area contributed by atoms with E-state index in [0.717, 1.165) is 16.8 Å². The highest BCUT2D eigenvalue weighted by Crippen LogP contribution is 2.31. The fourth-order valence-electron chi connectivity index (χ4n) is 3.89. The van der Waals surface area contributed by atoms with Crippen LogP contribution >= 0.6 is 0 Å². The molecule has 0 atom stereocenters. The first-order valence-corrected chi connectivity index (χ1v) is 10.1. The van der Waals surface area contributed by atoms with Crippen LogP contribution in [0.15, 0.2) is 52.9 Å². The van der Waals surface area contributed by atoms with Crippen LogP contribution < -0.4 is 0 Å². The number of nitrogens with zero attached hydrogens (tertiary/aromatic N) is 5. The number of carbonyl (C=O) groups excluding carboxylic acids is 1. The average Bonchev–Trinajstić information content (AvgIpc) is 3.40. The van der Waals surface area contributed by atoms with Crippen LogP contribution in [0.25, 0.3) is 23.0 Å². The van der Waals surface area contributed by atoms with E-state index in [-0.39, 0.29) is 35.7 Å². The summed E-state index contributed by atoms with van der Waals surface area (Å²) in [6, 6.07) is 11.7. The van der Waals surface area contributed by atoms with Gasteiger partial charge in [-0.1, -0.05) is 12.1 Å². The first kappa shape index (κ1) is 20.0. The van der Waals surface area contributed by atoms with Crippen molar-refractivity contribution in [3.8, 4) is 23.0 Å². The highest BCUT2D eigenvalue weighted by atomic mass is 19.1. The quantitative estimate of drug-likeness (QED) is 0.490. The Labute approximate surface area is 182 Å². The minimum atomic E-state index is -0.349. The molecule has 1 aliphatic rings. The predicted molar refractivity (Wildman–Crippen MR) is 111 cm³/mol. The van der Waals surface area contributed by atoms with Gasteiger partial charge in [-0.15, -0.1) is 10.2 Å². The largest absolute Gasteiger partial charge is 0.415 e. The van der Waals surface area contributed by atoms with Crippen LogP contribution in [0.4, 0.5) is 8.78 Å². The number of aryl methyl sites for hydroxylation is 1. The molecule has 9 heteroatoms. The van der Waals surface area contributed by atoms with Crippen molar-refractivity contribution in [1.82, 2.24) is 24.9 Å². The molecular weight excluding hydrogens is 416 g/mol. The van der Waals surface area contributed by atoms with Gasteiger partial charge in [0.2, 0.25) is 11.8 Å². The molecule has 0 saturated heterocycles. The number of aromatic nitrogens is 4. The average molecular weight is 435 g/mol. The van der Waals surface area contributed by atoms with E-state index < -0.39 is 0 Å². The normalized spacial score (nSPS) is 13.3. The number of carbonyl (C=O) groups is 1. The minimum absolute atomic E-state index is 0.0467. The zero-order chi connectivity index (χ0) is 22.2. The number of fused-ring (bicyclic) bond motifs is 1. The van der Waals surface area contributed by atoms with Gasteiger partial charge in [0, 0.05) is 43.4 Å². The molecule has 0 spiro atoms. The fourth-order valence-corrected chi connectivity index (χ4v) is 3.89. The van der Waals surface area contributed by atoms with Gasteiger partial charge in [-0.2, -0.15) is 5.10 Å². The van der Waals surface area contributed by atoms with Gasteiger partial charge in [0.25, 0.3) is 5.89 Å². The Morgan fingerprint density at radius 3 is 2.38 bits per heavy atom. The van der Waals surface area contributed by atoms with E-state index in [9.17, 15) is 13.6 Å². The van der Waals surface area contributed by atoms with Crippen LogP contribution in [0.3, 0.4) is 0 Å². The Morgan fingerprint density at radius 1 is 1.00 bits per heavy atom. The highest BCUT2D eigenvalue weighted by molar-refractivity contribution is 5.79. The number of hydrogen-bond donors (Lipinski definition) is 0. The Hall–Kier alpha value is -3.88. The second-order valence-electron chi connectivity index (χ2n) is 7.69. The fraction of sp³-hybridized carbons (Fsp3) is 0.217. The van der Waals surface area contributed by atoms with Crippen LogP contribution in [0.2, 0.25) is 0 Å². The third kappa shape index (κ3) is 3.77. The van der Waals surface area contributed by atoms with E-state index in [2.05, 4.69) is 15.3 Å². The van der Waals surface area contributed by atoms with Crippen molar-refractivity contribution in [2.75, 3.05) is 6.54 Å². The maximum Gasteiger partial charge on any atom is 0.268 e. The molecule has 1 amide bonds. The molecule has 0 saturated carbocycles. The van der Waals surface area contributed by atoms with Crippen molar-refractivity contribution >= 4 is 5.91 Å². The van der Waals surface area contributed by atoms with Crippen LogP contribution in [0, 0.1) is 11.6 Å². The summed E-state index contributed by atoms with van der Waals surface area (Å²) >= 11 is 0. The molecule has 2 aromatic heterocycles. The van der Waals surface area contributed by atoms with E-state index >= 15 is 0 Å². The topological polar surface area (TPSA) is 77.1 Å². The number of hydrogen-bond acceptors (Lipinski definition) is 5. The van der Waals surface area contributed by atoms with Gasteiger partial charge in [0.15, 0.2) is 5.69 Å². The van der Waals surface area contributed by atoms with Crippen molar-refractivity contribution in [1.29, 1.82) is 0 Å². The summed E-state index contributed by atoms with van der Waals surface area (Å²) < 4.78 is 33.9. The Balaban J connectivity index is 1.39. The molecule has 4 aromatic rings. The summed E-state index contributed by atoms with van der Waals surface area (Å²) in [5, 5.41) is 12.7. The Bertz CT molecular complexity index is 1280.